The summed E-state index contributed by atoms with van der Waals surface area (Å²) < 4.78 is 7.77. The first-order valence-corrected chi connectivity index (χ1v) is 8.48. The van der Waals surface area contributed by atoms with Crippen LogP contribution in [-0.4, -0.2) is 44.4 Å². The van der Waals surface area contributed by atoms with Crippen LogP contribution < -0.4 is 5.32 Å². The van der Waals surface area contributed by atoms with Gasteiger partial charge in [-0.15, -0.1) is 0 Å². The van der Waals surface area contributed by atoms with Crippen molar-refractivity contribution < 1.29 is 9.90 Å². The molecule has 1 saturated heterocycles. The molecule has 0 unspecified atom stereocenters. The van der Waals surface area contributed by atoms with Crippen LogP contribution in [0.2, 0.25) is 0 Å². The van der Waals surface area contributed by atoms with Crippen molar-refractivity contribution >= 4 is 23.3 Å². The number of aromatic nitrogens is 2. The molecule has 7 heteroatoms. The number of benzene rings is 1. The number of nitrogens with one attached hydrogen (secondary N) is 1. The maximum Gasteiger partial charge on any atom is 0.277 e. The predicted octanol–water partition coefficient (Wildman–Crippen LogP) is 1.99. The van der Waals surface area contributed by atoms with E-state index in [1.165, 1.54) is 11.8 Å². The van der Waals surface area contributed by atoms with Gasteiger partial charge in [0.1, 0.15) is 0 Å². The molecule has 0 saturated carbocycles. The first kappa shape index (κ1) is 16.0. The average Bonchev–Trinajstić information content (AvgIpc) is 3.10. The lowest BCUT2D eigenvalue weighted by molar-refractivity contribution is 0.102. The van der Waals surface area contributed by atoms with E-state index in [0.717, 1.165) is 49.9 Å². The van der Waals surface area contributed by atoms with E-state index in [1.807, 2.05) is 18.2 Å². The van der Waals surface area contributed by atoms with Crippen LogP contribution >= 0.6 is 11.7 Å². The van der Waals surface area contributed by atoms with Crippen LogP contribution in [-0.2, 0) is 6.54 Å². The Bertz CT molecular complexity index is 639. The molecule has 2 N–H and O–H groups in total. The summed E-state index contributed by atoms with van der Waals surface area (Å²) in [6, 6.07) is 7.89. The standard InChI is InChI=1S/C16H20N4O2S/c21-11-12-4-6-20(7-5-12)10-13-2-1-3-14(8-13)18-16(22)15-9-17-23-19-15/h1-3,8-9,12,21H,4-7,10-11H2,(H,18,22). The number of carbonyl (C=O) groups excluding carboxylic acids is 1. The molecule has 2 aromatic rings. The minimum absolute atomic E-state index is 0.236. The third kappa shape index (κ3) is 4.34. The molecule has 0 bridgehead atoms. The predicted molar refractivity (Wildman–Crippen MR) is 89.4 cm³/mol. The van der Waals surface area contributed by atoms with Crippen molar-refractivity contribution in [3.05, 3.63) is 41.7 Å². The monoisotopic (exact) mass is 332 g/mol. The summed E-state index contributed by atoms with van der Waals surface area (Å²) >= 11 is 1.02. The van der Waals surface area contributed by atoms with Crippen LogP contribution in [0.3, 0.4) is 0 Å². The Labute approximate surface area is 139 Å². The number of aliphatic hydroxyl groups excluding tert-OH is 1. The number of piperidine rings is 1. The number of hydrogen-bond donors (Lipinski definition) is 2. The molecule has 0 aliphatic carbocycles. The number of aliphatic hydroxyl groups is 1. The van der Waals surface area contributed by atoms with E-state index in [4.69, 9.17) is 0 Å². The van der Waals surface area contributed by atoms with E-state index in [-0.39, 0.29) is 5.91 Å². The van der Waals surface area contributed by atoms with Crippen LogP contribution in [0.5, 0.6) is 0 Å². The Balaban J connectivity index is 1.58. The highest BCUT2D eigenvalue weighted by molar-refractivity contribution is 6.99. The second-order valence-corrected chi connectivity index (χ2v) is 6.41. The summed E-state index contributed by atoms with van der Waals surface area (Å²) in [4.78, 5) is 14.4. The summed E-state index contributed by atoms with van der Waals surface area (Å²) in [7, 11) is 0. The lowest BCUT2D eigenvalue weighted by Crippen LogP contribution is -2.34. The Hall–Kier alpha value is -1.83. The largest absolute Gasteiger partial charge is 0.396 e. The lowest BCUT2D eigenvalue weighted by Gasteiger charge is -2.31. The van der Waals surface area contributed by atoms with E-state index in [9.17, 15) is 9.90 Å². The molecule has 2 heterocycles. The summed E-state index contributed by atoms with van der Waals surface area (Å²) in [6.07, 6.45) is 3.56. The van der Waals surface area contributed by atoms with Gasteiger partial charge in [-0.05, 0) is 49.5 Å². The highest BCUT2D eigenvalue weighted by atomic mass is 32.1. The van der Waals surface area contributed by atoms with Gasteiger partial charge < -0.3 is 10.4 Å². The topological polar surface area (TPSA) is 78.4 Å². The molecule has 3 rings (SSSR count). The second-order valence-electron chi connectivity index (χ2n) is 5.85. The summed E-state index contributed by atoms with van der Waals surface area (Å²) in [5.74, 6) is 0.211. The fraction of sp³-hybridized carbons (Fsp3) is 0.438. The first-order chi connectivity index (χ1) is 11.2. The molecule has 122 valence electrons. The maximum atomic E-state index is 12.0. The Morgan fingerprint density at radius 2 is 2.22 bits per heavy atom. The van der Waals surface area contributed by atoms with E-state index in [2.05, 4.69) is 25.0 Å². The molecule has 0 radical (unpaired) electrons. The van der Waals surface area contributed by atoms with Gasteiger partial charge in [0.2, 0.25) is 0 Å². The minimum Gasteiger partial charge on any atom is -0.396 e. The zero-order chi connectivity index (χ0) is 16.1. The van der Waals surface area contributed by atoms with Gasteiger partial charge in [-0.3, -0.25) is 9.69 Å². The van der Waals surface area contributed by atoms with Crippen molar-refractivity contribution in [3.8, 4) is 0 Å². The third-order valence-electron chi connectivity index (χ3n) is 4.15. The molecule has 1 aromatic heterocycles. The molecular weight excluding hydrogens is 312 g/mol. The van der Waals surface area contributed by atoms with Crippen molar-refractivity contribution in [1.82, 2.24) is 13.6 Å². The SMILES string of the molecule is O=C(Nc1cccc(CN2CCC(CO)CC2)c1)c1cnsn1. The van der Waals surface area contributed by atoms with Gasteiger partial charge in [0, 0.05) is 18.8 Å². The Kier molecular flexibility index (Phi) is 5.32. The van der Waals surface area contributed by atoms with E-state index >= 15 is 0 Å². The smallest absolute Gasteiger partial charge is 0.277 e. The molecule has 1 amide bonds. The van der Waals surface area contributed by atoms with Crippen LogP contribution in [0.15, 0.2) is 30.5 Å². The van der Waals surface area contributed by atoms with E-state index < -0.39 is 0 Å². The van der Waals surface area contributed by atoms with Crippen molar-refractivity contribution in [2.75, 3.05) is 25.0 Å². The third-order valence-corrected chi connectivity index (χ3v) is 4.63. The van der Waals surface area contributed by atoms with Gasteiger partial charge in [-0.25, -0.2) is 0 Å². The highest BCUT2D eigenvalue weighted by Crippen LogP contribution is 2.20. The maximum absolute atomic E-state index is 12.0. The second kappa shape index (κ2) is 7.63. The van der Waals surface area contributed by atoms with Crippen LogP contribution in [0.25, 0.3) is 0 Å². The van der Waals surface area contributed by atoms with E-state index in [0.29, 0.717) is 18.2 Å². The number of amides is 1. The molecule has 0 spiro atoms. The van der Waals surface area contributed by atoms with Crippen molar-refractivity contribution in [2.45, 2.75) is 19.4 Å². The highest BCUT2D eigenvalue weighted by Gasteiger charge is 2.18. The first-order valence-electron chi connectivity index (χ1n) is 7.75. The molecular formula is C16H20N4O2S. The quantitative estimate of drug-likeness (QED) is 0.875. The Morgan fingerprint density at radius 1 is 1.39 bits per heavy atom. The zero-order valence-corrected chi connectivity index (χ0v) is 13.6. The zero-order valence-electron chi connectivity index (χ0n) is 12.8. The minimum atomic E-state index is -0.236. The fourth-order valence-electron chi connectivity index (χ4n) is 2.79. The summed E-state index contributed by atoms with van der Waals surface area (Å²) in [6.45, 7) is 3.17. The molecule has 6 nitrogen and oxygen atoms in total. The molecule has 1 fully saturated rings. The summed E-state index contributed by atoms with van der Waals surface area (Å²) in [5.41, 5.74) is 2.28. The number of hydrogen-bond acceptors (Lipinski definition) is 6. The average molecular weight is 332 g/mol. The number of rotatable bonds is 5. The van der Waals surface area contributed by atoms with Crippen LogP contribution in [0.4, 0.5) is 5.69 Å². The van der Waals surface area contributed by atoms with Crippen molar-refractivity contribution in [3.63, 3.8) is 0 Å². The normalized spacial score (nSPS) is 16.4. The molecule has 1 aliphatic heterocycles. The lowest BCUT2D eigenvalue weighted by atomic mass is 9.97. The van der Waals surface area contributed by atoms with Crippen LogP contribution in [0.1, 0.15) is 28.9 Å². The van der Waals surface area contributed by atoms with Gasteiger partial charge in [-0.1, -0.05) is 12.1 Å². The van der Waals surface area contributed by atoms with Gasteiger partial charge in [-0.2, -0.15) is 8.75 Å². The fourth-order valence-corrected chi connectivity index (χ4v) is 3.20. The number of likely N-dealkylation sites (tertiary alicyclic amines) is 1. The van der Waals surface area contributed by atoms with E-state index in [1.54, 1.807) is 0 Å². The number of anilines is 1. The molecule has 1 aromatic carbocycles. The van der Waals surface area contributed by atoms with Gasteiger partial charge in [0.25, 0.3) is 5.91 Å². The Morgan fingerprint density at radius 3 is 2.91 bits per heavy atom. The molecule has 1 aliphatic rings. The van der Waals surface area contributed by atoms with Crippen molar-refractivity contribution in [2.24, 2.45) is 5.92 Å². The van der Waals surface area contributed by atoms with Gasteiger partial charge >= 0.3 is 0 Å². The number of carbonyl (C=O) groups is 1. The molecule has 23 heavy (non-hydrogen) atoms. The van der Waals surface area contributed by atoms with Crippen molar-refractivity contribution in [1.29, 1.82) is 0 Å². The van der Waals surface area contributed by atoms with Gasteiger partial charge in [0.15, 0.2) is 5.69 Å². The summed E-state index contributed by atoms with van der Waals surface area (Å²) in [5, 5.41) is 12.0. The van der Waals surface area contributed by atoms with Gasteiger partial charge in [0.05, 0.1) is 17.9 Å². The number of nitrogens with zero attached hydrogens (tertiary/aromatic N) is 3. The van der Waals surface area contributed by atoms with Crippen LogP contribution in [0, 0.1) is 5.92 Å². The molecule has 0 atom stereocenters.